The van der Waals surface area contributed by atoms with Crippen molar-refractivity contribution in [1.29, 1.82) is 0 Å². The van der Waals surface area contributed by atoms with E-state index in [4.69, 9.17) is 0 Å². The smallest absolute Gasteiger partial charge is 0.0218 e. The Kier molecular flexibility index (Phi) is 6.28. The Bertz CT molecular complexity index is 294. The summed E-state index contributed by atoms with van der Waals surface area (Å²) in [6, 6.07) is 10.9. The summed E-state index contributed by atoms with van der Waals surface area (Å²) in [7, 11) is 2.12. The highest BCUT2D eigenvalue weighted by Gasteiger charge is 2.26. The molecule has 1 aromatic rings. The van der Waals surface area contributed by atoms with Gasteiger partial charge >= 0.3 is 0 Å². The minimum Gasteiger partial charge on any atom is -0.314 e. The SMILES string of the molecule is CCCCC(CCC)(Cc1ccccc1)NC. The lowest BCUT2D eigenvalue weighted by Crippen LogP contribution is -2.45. The van der Waals surface area contributed by atoms with Gasteiger partial charge in [-0.2, -0.15) is 0 Å². The van der Waals surface area contributed by atoms with Crippen LogP contribution < -0.4 is 5.32 Å². The standard InChI is InChI=1S/C16H27N/c1-4-6-13-16(17-3,12-5-2)14-15-10-8-7-9-11-15/h7-11,17H,4-6,12-14H2,1-3H3. The van der Waals surface area contributed by atoms with Crippen molar-refractivity contribution in [2.45, 2.75) is 57.9 Å². The third-order valence-corrected chi connectivity index (χ3v) is 3.65. The van der Waals surface area contributed by atoms with Crippen LogP contribution in [0.2, 0.25) is 0 Å². The highest BCUT2D eigenvalue weighted by Crippen LogP contribution is 2.25. The summed E-state index contributed by atoms with van der Waals surface area (Å²) in [6.45, 7) is 4.55. The molecule has 0 radical (unpaired) electrons. The number of hydrogen-bond acceptors (Lipinski definition) is 1. The molecule has 1 unspecified atom stereocenters. The first-order valence-corrected chi connectivity index (χ1v) is 6.99. The van der Waals surface area contributed by atoms with Gasteiger partial charge in [0.05, 0.1) is 0 Å². The van der Waals surface area contributed by atoms with E-state index in [1.54, 1.807) is 0 Å². The maximum atomic E-state index is 3.60. The van der Waals surface area contributed by atoms with Crippen LogP contribution in [0.4, 0.5) is 0 Å². The van der Waals surface area contributed by atoms with E-state index in [1.807, 2.05) is 0 Å². The normalized spacial score (nSPS) is 14.5. The largest absolute Gasteiger partial charge is 0.314 e. The first kappa shape index (κ1) is 14.2. The topological polar surface area (TPSA) is 12.0 Å². The van der Waals surface area contributed by atoms with Gasteiger partial charge in [0.1, 0.15) is 0 Å². The Balaban J connectivity index is 2.74. The van der Waals surface area contributed by atoms with Crippen molar-refractivity contribution >= 4 is 0 Å². The molecular weight excluding hydrogens is 206 g/mol. The average Bonchev–Trinajstić information content (AvgIpc) is 2.37. The van der Waals surface area contributed by atoms with Gasteiger partial charge < -0.3 is 5.32 Å². The molecule has 0 aliphatic heterocycles. The zero-order valence-electron chi connectivity index (χ0n) is 11.6. The third kappa shape index (κ3) is 4.51. The summed E-state index contributed by atoms with van der Waals surface area (Å²) in [6.07, 6.45) is 7.53. The maximum absolute atomic E-state index is 3.60. The van der Waals surface area contributed by atoms with E-state index in [9.17, 15) is 0 Å². The van der Waals surface area contributed by atoms with Crippen LogP contribution in [0.5, 0.6) is 0 Å². The third-order valence-electron chi connectivity index (χ3n) is 3.65. The van der Waals surface area contributed by atoms with Crippen molar-refractivity contribution < 1.29 is 0 Å². The van der Waals surface area contributed by atoms with E-state index in [0.29, 0.717) is 5.54 Å². The Labute approximate surface area is 107 Å². The highest BCUT2D eigenvalue weighted by atomic mass is 14.9. The fourth-order valence-electron chi connectivity index (χ4n) is 2.62. The predicted molar refractivity (Wildman–Crippen MR) is 76.4 cm³/mol. The molecule has 17 heavy (non-hydrogen) atoms. The van der Waals surface area contributed by atoms with Crippen LogP contribution in [-0.4, -0.2) is 12.6 Å². The number of benzene rings is 1. The highest BCUT2D eigenvalue weighted by molar-refractivity contribution is 5.18. The second-order valence-corrected chi connectivity index (χ2v) is 5.05. The van der Waals surface area contributed by atoms with E-state index in [1.165, 1.54) is 37.7 Å². The second-order valence-electron chi connectivity index (χ2n) is 5.05. The fourth-order valence-corrected chi connectivity index (χ4v) is 2.62. The van der Waals surface area contributed by atoms with E-state index in [-0.39, 0.29) is 0 Å². The monoisotopic (exact) mass is 233 g/mol. The van der Waals surface area contributed by atoms with Crippen molar-refractivity contribution in [2.24, 2.45) is 0 Å². The summed E-state index contributed by atoms with van der Waals surface area (Å²) < 4.78 is 0. The Hall–Kier alpha value is -0.820. The molecule has 96 valence electrons. The quantitative estimate of drug-likeness (QED) is 0.710. The van der Waals surface area contributed by atoms with Gasteiger partial charge in [-0.25, -0.2) is 0 Å². The molecule has 0 spiro atoms. The summed E-state index contributed by atoms with van der Waals surface area (Å²) in [4.78, 5) is 0. The van der Waals surface area contributed by atoms with Gasteiger partial charge in [-0.3, -0.25) is 0 Å². The number of nitrogens with one attached hydrogen (secondary N) is 1. The van der Waals surface area contributed by atoms with Crippen LogP contribution in [0.15, 0.2) is 30.3 Å². The first-order valence-electron chi connectivity index (χ1n) is 6.99. The predicted octanol–water partition coefficient (Wildman–Crippen LogP) is 4.18. The molecule has 0 saturated carbocycles. The second kappa shape index (κ2) is 7.50. The molecule has 0 aliphatic rings. The molecule has 0 saturated heterocycles. The first-order chi connectivity index (χ1) is 8.26. The van der Waals surface area contributed by atoms with E-state index >= 15 is 0 Å². The van der Waals surface area contributed by atoms with Gasteiger partial charge in [0.2, 0.25) is 0 Å². The van der Waals surface area contributed by atoms with Gasteiger partial charge in [0.25, 0.3) is 0 Å². The number of likely N-dealkylation sites (N-methyl/N-ethyl adjacent to an activating group) is 1. The van der Waals surface area contributed by atoms with Crippen LogP contribution in [0.1, 0.15) is 51.5 Å². The molecule has 0 fully saturated rings. The summed E-state index contributed by atoms with van der Waals surface area (Å²) in [5, 5.41) is 3.60. The van der Waals surface area contributed by atoms with E-state index in [0.717, 1.165) is 6.42 Å². The van der Waals surface area contributed by atoms with Crippen LogP contribution in [0.25, 0.3) is 0 Å². The zero-order valence-corrected chi connectivity index (χ0v) is 11.6. The molecular formula is C16H27N. The van der Waals surface area contributed by atoms with Gasteiger partial charge in [0.15, 0.2) is 0 Å². The summed E-state index contributed by atoms with van der Waals surface area (Å²) in [5.74, 6) is 0. The molecule has 1 heteroatoms. The number of rotatable bonds is 8. The van der Waals surface area contributed by atoms with Crippen molar-refractivity contribution in [3.05, 3.63) is 35.9 Å². The number of hydrogen-bond donors (Lipinski definition) is 1. The zero-order chi connectivity index (χ0) is 12.6. The molecule has 1 aromatic carbocycles. The van der Waals surface area contributed by atoms with Crippen LogP contribution >= 0.6 is 0 Å². The van der Waals surface area contributed by atoms with Crippen LogP contribution in [0, 0.1) is 0 Å². The molecule has 0 amide bonds. The summed E-state index contributed by atoms with van der Waals surface area (Å²) >= 11 is 0. The molecule has 1 N–H and O–H groups in total. The fraction of sp³-hybridized carbons (Fsp3) is 0.625. The van der Waals surface area contributed by atoms with Crippen LogP contribution in [0.3, 0.4) is 0 Å². The Morgan fingerprint density at radius 3 is 2.24 bits per heavy atom. The van der Waals surface area contributed by atoms with E-state index in [2.05, 4.69) is 56.5 Å². The minimum atomic E-state index is 0.298. The Morgan fingerprint density at radius 1 is 1.00 bits per heavy atom. The van der Waals surface area contributed by atoms with Crippen molar-refractivity contribution in [2.75, 3.05) is 7.05 Å². The molecule has 0 bridgehead atoms. The van der Waals surface area contributed by atoms with Gasteiger partial charge in [-0.1, -0.05) is 63.4 Å². The molecule has 1 rings (SSSR count). The molecule has 0 aliphatic carbocycles. The average molecular weight is 233 g/mol. The lowest BCUT2D eigenvalue weighted by atomic mass is 9.82. The van der Waals surface area contributed by atoms with Crippen molar-refractivity contribution in [1.82, 2.24) is 5.32 Å². The molecule has 0 aromatic heterocycles. The van der Waals surface area contributed by atoms with E-state index < -0.39 is 0 Å². The van der Waals surface area contributed by atoms with Gasteiger partial charge in [-0.15, -0.1) is 0 Å². The molecule has 0 heterocycles. The molecule has 1 atom stereocenters. The summed E-state index contributed by atoms with van der Waals surface area (Å²) in [5.41, 5.74) is 1.75. The van der Waals surface area contributed by atoms with Gasteiger partial charge in [-0.05, 0) is 31.9 Å². The minimum absolute atomic E-state index is 0.298. The molecule has 1 nitrogen and oxygen atoms in total. The maximum Gasteiger partial charge on any atom is 0.0218 e. The van der Waals surface area contributed by atoms with Crippen LogP contribution in [-0.2, 0) is 6.42 Å². The van der Waals surface area contributed by atoms with Gasteiger partial charge in [0, 0.05) is 5.54 Å². The lowest BCUT2D eigenvalue weighted by Gasteiger charge is -2.34. The van der Waals surface area contributed by atoms with Crippen molar-refractivity contribution in [3.8, 4) is 0 Å². The lowest BCUT2D eigenvalue weighted by molar-refractivity contribution is 0.287. The number of unbranched alkanes of at least 4 members (excludes halogenated alkanes) is 1. The Morgan fingerprint density at radius 2 is 1.71 bits per heavy atom. The van der Waals surface area contributed by atoms with Crippen molar-refractivity contribution in [3.63, 3.8) is 0 Å².